The van der Waals surface area contributed by atoms with E-state index in [0.717, 1.165) is 5.56 Å². The lowest BCUT2D eigenvalue weighted by molar-refractivity contribution is 0.0240. The first-order chi connectivity index (χ1) is 21.0. The third-order valence-corrected chi connectivity index (χ3v) is 7.80. The molecule has 0 aliphatic carbocycles. The quantitative estimate of drug-likeness (QED) is 0.308. The van der Waals surface area contributed by atoms with Crippen LogP contribution in [0.4, 0.5) is 25.5 Å². The Bertz CT molecular complexity index is 1610. The van der Waals surface area contributed by atoms with Crippen LogP contribution in [0.2, 0.25) is 5.02 Å². The van der Waals surface area contributed by atoms with Crippen LogP contribution in [0.15, 0.2) is 48.7 Å². The van der Waals surface area contributed by atoms with E-state index in [1.54, 1.807) is 45.2 Å². The molecule has 1 aromatic heterocycles. The van der Waals surface area contributed by atoms with E-state index in [1.807, 2.05) is 26.8 Å². The van der Waals surface area contributed by atoms with Gasteiger partial charge in [0.25, 0.3) is 0 Å². The third-order valence-electron chi connectivity index (χ3n) is 7.50. The number of terminal acetylenes is 1. The molecule has 11 heteroatoms. The van der Waals surface area contributed by atoms with Crippen molar-refractivity contribution in [3.63, 3.8) is 0 Å². The number of urea groups is 1. The van der Waals surface area contributed by atoms with Crippen molar-refractivity contribution in [2.24, 2.45) is 0 Å². The predicted octanol–water partition coefficient (Wildman–Crippen LogP) is 6.15. The molecule has 2 aliphatic heterocycles. The van der Waals surface area contributed by atoms with Gasteiger partial charge in [-0.15, -0.1) is 6.42 Å². The maximum atomic E-state index is 15.2. The number of hydrogen-bond donors (Lipinski definition) is 0. The molecule has 230 valence electrons. The molecule has 0 unspecified atom stereocenters. The van der Waals surface area contributed by atoms with Crippen LogP contribution < -0.4 is 14.5 Å². The summed E-state index contributed by atoms with van der Waals surface area (Å²) in [5.41, 5.74) is 2.43. The molecule has 44 heavy (non-hydrogen) atoms. The Kier molecular flexibility index (Phi) is 8.88. The Hall–Kier alpha value is -4.49. The van der Waals surface area contributed by atoms with Gasteiger partial charge in [-0.05, 0) is 68.3 Å². The second kappa shape index (κ2) is 12.6. The van der Waals surface area contributed by atoms with Gasteiger partial charge in [-0.1, -0.05) is 23.6 Å². The van der Waals surface area contributed by atoms with Crippen molar-refractivity contribution in [1.82, 2.24) is 14.8 Å². The Morgan fingerprint density at radius 1 is 1.02 bits per heavy atom. The topological polar surface area (TPSA) is 78.5 Å². The number of anilines is 2. The summed E-state index contributed by atoms with van der Waals surface area (Å²) in [7, 11) is 1.54. The Morgan fingerprint density at radius 2 is 1.70 bits per heavy atom. The highest BCUT2D eigenvalue weighted by molar-refractivity contribution is 6.34. The fourth-order valence-electron chi connectivity index (χ4n) is 5.40. The van der Waals surface area contributed by atoms with Crippen LogP contribution in [0.25, 0.3) is 22.3 Å². The Balaban J connectivity index is 1.40. The molecule has 0 bridgehead atoms. The maximum absolute atomic E-state index is 15.2. The van der Waals surface area contributed by atoms with E-state index in [4.69, 9.17) is 27.5 Å². The van der Waals surface area contributed by atoms with Crippen molar-refractivity contribution in [2.75, 3.05) is 62.7 Å². The SMILES string of the molecule is C#CCN1CCN(c2ccc(-c3cc(F)cc(-c4ccnc(N5CCN(C(=O)OC(C)(C)C)CC5)c4)c3OC)cc2Cl)C1=O. The monoisotopic (exact) mass is 619 g/mol. The van der Waals surface area contributed by atoms with E-state index in [9.17, 15) is 9.59 Å². The van der Waals surface area contributed by atoms with Crippen LogP contribution in [0, 0.1) is 18.2 Å². The summed E-state index contributed by atoms with van der Waals surface area (Å²) in [6.07, 6.45) is 6.73. The van der Waals surface area contributed by atoms with Crippen LogP contribution in [0.3, 0.4) is 0 Å². The minimum atomic E-state index is -0.558. The van der Waals surface area contributed by atoms with Gasteiger partial charge < -0.3 is 24.2 Å². The highest BCUT2D eigenvalue weighted by Gasteiger charge is 2.31. The largest absolute Gasteiger partial charge is 0.495 e. The van der Waals surface area contributed by atoms with E-state index in [-0.39, 0.29) is 18.7 Å². The lowest BCUT2D eigenvalue weighted by Crippen LogP contribution is -2.50. The zero-order valence-corrected chi connectivity index (χ0v) is 26.0. The van der Waals surface area contributed by atoms with Gasteiger partial charge in [-0.3, -0.25) is 4.90 Å². The lowest BCUT2D eigenvalue weighted by atomic mass is 9.97. The molecular formula is C33H35ClFN5O4. The average Bonchev–Trinajstić information content (AvgIpc) is 3.35. The zero-order chi connectivity index (χ0) is 31.6. The smallest absolute Gasteiger partial charge is 0.410 e. The van der Waals surface area contributed by atoms with Crippen LogP contribution in [-0.2, 0) is 4.74 Å². The molecule has 0 atom stereocenters. The molecule has 0 saturated carbocycles. The minimum absolute atomic E-state index is 0.206. The second-order valence-electron chi connectivity index (χ2n) is 11.6. The number of carbonyl (C=O) groups is 2. The minimum Gasteiger partial charge on any atom is -0.495 e. The zero-order valence-electron chi connectivity index (χ0n) is 25.3. The molecule has 0 spiro atoms. The van der Waals surface area contributed by atoms with Crippen molar-refractivity contribution >= 4 is 35.2 Å². The summed E-state index contributed by atoms with van der Waals surface area (Å²) in [6.45, 7) is 8.88. The van der Waals surface area contributed by atoms with E-state index in [0.29, 0.717) is 78.2 Å². The molecule has 3 aromatic rings. The number of amides is 3. The van der Waals surface area contributed by atoms with Gasteiger partial charge in [0.1, 0.15) is 23.0 Å². The van der Waals surface area contributed by atoms with Gasteiger partial charge in [0.05, 0.1) is 24.4 Å². The Labute approximate surface area is 262 Å². The van der Waals surface area contributed by atoms with E-state index < -0.39 is 11.4 Å². The highest BCUT2D eigenvalue weighted by Crippen LogP contribution is 2.42. The van der Waals surface area contributed by atoms with Crippen molar-refractivity contribution < 1.29 is 23.5 Å². The first kappa shape index (κ1) is 31.0. The van der Waals surface area contributed by atoms with Gasteiger partial charge in [0, 0.05) is 56.6 Å². The number of carbonyl (C=O) groups excluding carboxylic acids is 2. The first-order valence-electron chi connectivity index (χ1n) is 14.4. The molecule has 2 fully saturated rings. The van der Waals surface area contributed by atoms with Crippen molar-refractivity contribution in [3.8, 4) is 40.3 Å². The van der Waals surface area contributed by atoms with Gasteiger partial charge in [-0.2, -0.15) is 0 Å². The number of nitrogens with zero attached hydrogens (tertiary/aromatic N) is 5. The summed E-state index contributed by atoms with van der Waals surface area (Å²) in [5.74, 6) is 3.24. The molecule has 2 saturated heterocycles. The lowest BCUT2D eigenvalue weighted by Gasteiger charge is -2.36. The van der Waals surface area contributed by atoms with Crippen molar-refractivity contribution in [3.05, 3.63) is 59.5 Å². The molecule has 5 rings (SSSR count). The van der Waals surface area contributed by atoms with Crippen molar-refractivity contribution in [2.45, 2.75) is 26.4 Å². The number of hydrogen-bond acceptors (Lipinski definition) is 6. The number of halogens is 2. The number of pyridine rings is 1. The van der Waals surface area contributed by atoms with Gasteiger partial charge >= 0.3 is 12.1 Å². The molecule has 2 aliphatic rings. The van der Waals surface area contributed by atoms with Crippen molar-refractivity contribution in [1.29, 1.82) is 0 Å². The average molecular weight is 620 g/mol. The van der Waals surface area contributed by atoms with E-state index in [1.165, 1.54) is 19.2 Å². The van der Waals surface area contributed by atoms with Crippen LogP contribution in [0.1, 0.15) is 20.8 Å². The molecular weight excluding hydrogens is 585 g/mol. The standard InChI is InChI=1S/C33H35ClFN5O4/c1-6-11-38-16-17-40(31(38)41)28-8-7-22(18-27(28)34)25-20-24(35)21-26(30(25)43-5)23-9-10-36-29(19-23)37-12-14-39(15-13-37)32(42)44-33(2,3)4/h1,7-10,18-21H,11-17H2,2-5H3. The first-order valence-corrected chi connectivity index (χ1v) is 14.7. The fraction of sp³-hybridized carbons (Fsp3) is 0.364. The normalized spacial score (nSPS) is 15.4. The molecule has 3 amide bonds. The molecule has 0 N–H and O–H groups in total. The second-order valence-corrected chi connectivity index (χ2v) is 12.0. The van der Waals surface area contributed by atoms with Gasteiger partial charge in [0.2, 0.25) is 0 Å². The molecule has 0 radical (unpaired) electrons. The predicted molar refractivity (Wildman–Crippen MR) is 170 cm³/mol. The van der Waals surface area contributed by atoms with Crippen LogP contribution >= 0.6 is 11.6 Å². The number of rotatable bonds is 6. The number of piperazine rings is 1. The maximum Gasteiger partial charge on any atom is 0.410 e. The number of ether oxygens (including phenoxy) is 2. The number of benzene rings is 2. The summed E-state index contributed by atoms with van der Waals surface area (Å²) in [4.78, 5) is 36.8. The molecule has 2 aromatic carbocycles. The van der Waals surface area contributed by atoms with E-state index >= 15 is 4.39 Å². The van der Waals surface area contributed by atoms with Crippen LogP contribution in [0.5, 0.6) is 5.75 Å². The fourth-order valence-corrected chi connectivity index (χ4v) is 5.68. The summed E-state index contributed by atoms with van der Waals surface area (Å²) in [5, 5.41) is 0.350. The molecule has 9 nitrogen and oxygen atoms in total. The summed E-state index contributed by atoms with van der Waals surface area (Å²) in [6, 6.07) is 11.6. The van der Waals surface area contributed by atoms with E-state index in [2.05, 4.69) is 15.8 Å². The van der Waals surface area contributed by atoms with Gasteiger partial charge in [0.15, 0.2) is 0 Å². The highest BCUT2D eigenvalue weighted by atomic mass is 35.5. The molecule has 3 heterocycles. The third kappa shape index (κ3) is 6.53. The number of methoxy groups -OCH3 is 1. The number of aromatic nitrogens is 1. The summed E-state index contributed by atoms with van der Waals surface area (Å²) >= 11 is 6.68. The Morgan fingerprint density at radius 3 is 2.32 bits per heavy atom. The van der Waals surface area contributed by atoms with Gasteiger partial charge in [-0.25, -0.2) is 19.0 Å². The summed E-state index contributed by atoms with van der Waals surface area (Å²) < 4.78 is 26.5. The van der Waals surface area contributed by atoms with Crippen LogP contribution in [-0.4, -0.2) is 85.4 Å².